The first-order valence-corrected chi connectivity index (χ1v) is 11.2. The Morgan fingerprint density at radius 2 is 1.81 bits per heavy atom. The smallest absolute Gasteiger partial charge is 0.225 e. The Morgan fingerprint density at radius 3 is 2.38 bits per heavy atom. The fourth-order valence-corrected chi connectivity index (χ4v) is 3.76. The lowest BCUT2D eigenvalue weighted by Crippen LogP contribution is -2.52. The molecular weight excluding hydrogens is 346 g/mol. The van der Waals surface area contributed by atoms with E-state index in [1.807, 2.05) is 18.8 Å². The molecule has 0 radical (unpaired) electrons. The van der Waals surface area contributed by atoms with Gasteiger partial charge in [0.2, 0.25) is 5.91 Å². The minimum Gasteiger partial charge on any atom is -0.355 e. The quantitative estimate of drug-likeness (QED) is 0.517. The number of hydrogen-bond donors (Lipinski definition) is 2. The SMILES string of the molecule is CN=C(NCCN1CCN(C(=O)C2CCCC2)CC1)NCC(C)(C)SC. The first kappa shape index (κ1) is 21.4. The average molecular weight is 384 g/mol. The summed E-state index contributed by atoms with van der Waals surface area (Å²) < 4.78 is 0.194. The summed E-state index contributed by atoms with van der Waals surface area (Å²) in [6.45, 7) is 10.9. The number of carbonyl (C=O) groups is 1. The molecule has 1 heterocycles. The second-order valence-electron chi connectivity index (χ2n) is 7.96. The van der Waals surface area contributed by atoms with Crippen LogP contribution in [0.1, 0.15) is 39.5 Å². The van der Waals surface area contributed by atoms with Gasteiger partial charge in [-0.1, -0.05) is 12.8 Å². The van der Waals surface area contributed by atoms with E-state index in [0.29, 0.717) is 11.8 Å². The lowest BCUT2D eigenvalue weighted by Gasteiger charge is -2.36. The highest BCUT2D eigenvalue weighted by Crippen LogP contribution is 2.26. The number of amides is 1. The minimum absolute atomic E-state index is 0.194. The van der Waals surface area contributed by atoms with Crippen LogP contribution in [-0.2, 0) is 4.79 Å². The van der Waals surface area contributed by atoms with Crippen LogP contribution in [0.2, 0.25) is 0 Å². The molecule has 1 saturated heterocycles. The maximum absolute atomic E-state index is 12.5. The highest BCUT2D eigenvalue weighted by Gasteiger charge is 2.29. The maximum atomic E-state index is 12.5. The van der Waals surface area contributed by atoms with Gasteiger partial charge in [0.05, 0.1) is 0 Å². The fraction of sp³-hybridized carbons (Fsp3) is 0.895. The molecule has 0 bridgehead atoms. The molecule has 1 amide bonds. The van der Waals surface area contributed by atoms with Gasteiger partial charge in [-0.3, -0.25) is 14.7 Å². The fourth-order valence-electron chi connectivity index (χ4n) is 3.54. The molecule has 1 saturated carbocycles. The Labute approximate surface area is 163 Å². The van der Waals surface area contributed by atoms with E-state index in [-0.39, 0.29) is 4.75 Å². The first-order valence-electron chi connectivity index (χ1n) is 9.96. The van der Waals surface area contributed by atoms with Gasteiger partial charge in [-0.15, -0.1) is 0 Å². The number of carbonyl (C=O) groups excluding carboxylic acids is 1. The Morgan fingerprint density at radius 1 is 1.15 bits per heavy atom. The molecule has 0 atom stereocenters. The van der Waals surface area contributed by atoms with Crippen LogP contribution in [-0.4, -0.2) is 85.5 Å². The van der Waals surface area contributed by atoms with Gasteiger partial charge >= 0.3 is 0 Å². The molecule has 150 valence electrons. The Balaban J connectivity index is 1.62. The lowest BCUT2D eigenvalue weighted by atomic mass is 10.1. The van der Waals surface area contributed by atoms with Gasteiger partial charge < -0.3 is 15.5 Å². The molecular formula is C19H37N5OS. The predicted molar refractivity (Wildman–Crippen MR) is 112 cm³/mol. The molecule has 26 heavy (non-hydrogen) atoms. The van der Waals surface area contributed by atoms with Crippen LogP contribution < -0.4 is 10.6 Å². The number of thioether (sulfide) groups is 1. The second kappa shape index (κ2) is 10.4. The first-order chi connectivity index (χ1) is 12.4. The van der Waals surface area contributed by atoms with Crippen molar-refractivity contribution >= 4 is 23.6 Å². The Hall–Kier alpha value is -0.950. The highest BCUT2D eigenvalue weighted by molar-refractivity contribution is 7.99. The normalized spacial score (nSPS) is 20.5. The van der Waals surface area contributed by atoms with E-state index < -0.39 is 0 Å². The van der Waals surface area contributed by atoms with Crippen molar-refractivity contribution in [2.24, 2.45) is 10.9 Å². The van der Waals surface area contributed by atoms with Crippen molar-refractivity contribution < 1.29 is 4.79 Å². The van der Waals surface area contributed by atoms with Gasteiger partial charge in [0.1, 0.15) is 0 Å². The van der Waals surface area contributed by atoms with Crippen LogP contribution >= 0.6 is 11.8 Å². The zero-order valence-electron chi connectivity index (χ0n) is 17.0. The number of nitrogens with zero attached hydrogens (tertiary/aromatic N) is 3. The Bertz CT molecular complexity index is 469. The molecule has 0 spiro atoms. The number of aliphatic imine (C=N–C) groups is 1. The molecule has 2 aliphatic rings. The van der Waals surface area contributed by atoms with Crippen molar-refractivity contribution in [3.63, 3.8) is 0 Å². The predicted octanol–water partition coefficient (Wildman–Crippen LogP) is 1.63. The van der Waals surface area contributed by atoms with Gasteiger partial charge in [-0.2, -0.15) is 11.8 Å². The number of guanidine groups is 1. The summed E-state index contributed by atoms with van der Waals surface area (Å²) in [5.74, 6) is 1.58. The molecule has 0 aromatic rings. The third-order valence-electron chi connectivity index (χ3n) is 5.57. The van der Waals surface area contributed by atoms with E-state index in [1.165, 1.54) is 12.8 Å². The largest absolute Gasteiger partial charge is 0.355 e. The molecule has 6 nitrogen and oxygen atoms in total. The second-order valence-corrected chi connectivity index (χ2v) is 9.48. The van der Waals surface area contributed by atoms with Crippen LogP contribution in [0.25, 0.3) is 0 Å². The van der Waals surface area contributed by atoms with Crippen molar-refractivity contribution in [1.82, 2.24) is 20.4 Å². The molecule has 2 rings (SSSR count). The summed E-state index contributed by atoms with van der Waals surface area (Å²) in [5, 5.41) is 6.80. The number of nitrogens with one attached hydrogen (secondary N) is 2. The molecule has 1 aliphatic heterocycles. The zero-order chi connectivity index (χ0) is 19.0. The van der Waals surface area contributed by atoms with Crippen molar-refractivity contribution in [3.8, 4) is 0 Å². The maximum Gasteiger partial charge on any atom is 0.225 e. The molecule has 0 aromatic heterocycles. The minimum atomic E-state index is 0.194. The number of rotatable bonds is 7. The van der Waals surface area contributed by atoms with Crippen LogP contribution in [0.3, 0.4) is 0 Å². The van der Waals surface area contributed by atoms with Crippen LogP contribution in [0.15, 0.2) is 4.99 Å². The summed E-state index contributed by atoms with van der Waals surface area (Å²) >= 11 is 1.85. The molecule has 2 fully saturated rings. The number of piperazine rings is 1. The van der Waals surface area contributed by atoms with Crippen LogP contribution in [0, 0.1) is 5.92 Å². The summed E-state index contributed by atoms with van der Waals surface area (Å²) in [4.78, 5) is 21.3. The van der Waals surface area contributed by atoms with Crippen molar-refractivity contribution in [1.29, 1.82) is 0 Å². The summed E-state index contributed by atoms with van der Waals surface area (Å²) in [6.07, 6.45) is 6.79. The van der Waals surface area contributed by atoms with Gasteiger partial charge in [-0.05, 0) is 32.9 Å². The topological polar surface area (TPSA) is 60.0 Å². The Kier molecular flexibility index (Phi) is 8.54. The summed E-state index contributed by atoms with van der Waals surface area (Å²) in [6, 6.07) is 0. The van der Waals surface area contributed by atoms with Crippen LogP contribution in [0.4, 0.5) is 0 Å². The van der Waals surface area contributed by atoms with E-state index >= 15 is 0 Å². The van der Waals surface area contributed by atoms with Crippen molar-refractivity contribution in [3.05, 3.63) is 0 Å². The van der Waals surface area contributed by atoms with Gasteiger partial charge in [0.15, 0.2) is 5.96 Å². The molecule has 7 heteroatoms. The van der Waals surface area contributed by atoms with Crippen molar-refractivity contribution in [2.75, 3.05) is 59.1 Å². The van der Waals surface area contributed by atoms with E-state index in [1.54, 1.807) is 0 Å². The monoisotopic (exact) mass is 383 g/mol. The number of hydrogen-bond acceptors (Lipinski definition) is 4. The average Bonchev–Trinajstić information content (AvgIpc) is 3.19. The highest BCUT2D eigenvalue weighted by atomic mass is 32.2. The van der Waals surface area contributed by atoms with E-state index in [9.17, 15) is 4.79 Å². The standard InChI is InChI=1S/C19H37N5OS/c1-19(2,26-4)15-22-18(20-3)21-9-10-23-11-13-24(14-12-23)17(25)16-7-5-6-8-16/h16H,5-15H2,1-4H3,(H2,20,21,22). The van der Waals surface area contributed by atoms with Gasteiger partial charge in [0.25, 0.3) is 0 Å². The van der Waals surface area contributed by atoms with E-state index in [4.69, 9.17) is 0 Å². The molecule has 1 aliphatic carbocycles. The third-order valence-corrected chi connectivity index (χ3v) is 6.82. The van der Waals surface area contributed by atoms with Crippen molar-refractivity contribution in [2.45, 2.75) is 44.3 Å². The molecule has 2 N–H and O–H groups in total. The summed E-state index contributed by atoms with van der Waals surface area (Å²) in [7, 11) is 1.81. The lowest BCUT2D eigenvalue weighted by molar-refractivity contribution is -0.137. The third kappa shape index (κ3) is 6.65. The van der Waals surface area contributed by atoms with Crippen LogP contribution in [0.5, 0.6) is 0 Å². The summed E-state index contributed by atoms with van der Waals surface area (Å²) in [5.41, 5.74) is 0. The van der Waals surface area contributed by atoms with Gasteiger partial charge in [0, 0.05) is 63.5 Å². The molecule has 0 unspecified atom stereocenters. The molecule has 0 aromatic carbocycles. The van der Waals surface area contributed by atoms with Gasteiger partial charge in [-0.25, -0.2) is 0 Å². The van der Waals surface area contributed by atoms with E-state index in [2.05, 4.69) is 45.5 Å². The van der Waals surface area contributed by atoms with E-state index in [0.717, 1.165) is 64.6 Å². The zero-order valence-corrected chi connectivity index (χ0v) is 17.8.